The van der Waals surface area contributed by atoms with Crippen LogP contribution in [0.5, 0.6) is 0 Å². The highest BCUT2D eigenvalue weighted by atomic mass is 19.3. The number of carbonyl (C=O) groups is 1. The van der Waals surface area contributed by atoms with E-state index in [1.165, 1.54) is 0 Å². The van der Waals surface area contributed by atoms with Gasteiger partial charge < -0.3 is 9.52 Å². The van der Waals surface area contributed by atoms with Crippen LogP contribution >= 0.6 is 0 Å². The average molecular weight is 220 g/mol. The molecule has 1 N–H and O–H groups in total. The molecule has 0 aliphatic rings. The maximum absolute atomic E-state index is 12.0. The molecule has 7 heteroatoms. The number of unbranched alkanes of at least 4 members (excludes halogenated alkanes) is 1. The Morgan fingerprint density at radius 3 is 2.67 bits per heavy atom. The van der Waals surface area contributed by atoms with Gasteiger partial charge in [-0.2, -0.15) is 8.78 Å². The Labute approximate surface area is 84.1 Å². The van der Waals surface area contributed by atoms with Gasteiger partial charge in [-0.25, -0.2) is 0 Å². The highest BCUT2D eigenvalue weighted by molar-refractivity contribution is 5.66. The Morgan fingerprint density at radius 1 is 1.40 bits per heavy atom. The fourth-order valence-electron chi connectivity index (χ4n) is 1.01. The molecule has 0 aliphatic heterocycles. The van der Waals surface area contributed by atoms with Gasteiger partial charge in [0.1, 0.15) is 0 Å². The third-order valence-corrected chi connectivity index (χ3v) is 1.70. The molecule has 1 heterocycles. The molecule has 0 saturated carbocycles. The number of aryl methyl sites for hydroxylation is 1. The quantitative estimate of drug-likeness (QED) is 0.739. The van der Waals surface area contributed by atoms with E-state index in [1.807, 2.05) is 0 Å². The molecule has 0 fully saturated rings. The van der Waals surface area contributed by atoms with Crippen molar-refractivity contribution in [1.82, 2.24) is 10.2 Å². The van der Waals surface area contributed by atoms with Crippen LogP contribution in [0.1, 0.15) is 37.5 Å². The lowest BCUT2D eigenvalue weighted by Gasteiger charge is -1.93. The third kappa shape index (κ3) is 4.01. The zero-order valence-electron chi connectivity index (χ0n) is 7.82. The molecule has 0 atom stereocenters. The fourth-order valence-corrected chi connectivity index (χ4v) is 1.01. The molecule has 0 bridgehead atoms. The Hall–Kier alpha value is -1.53. The molecule has 0 radical (unpaired) electrons. The van der Waals surface area contributed by atoms with E-state index in [1.54, 1.807) is 0 Å². The van der Waals surface area contributed by atoms with Crippen molar-refractivity contribution in [3.63, 3.8) is 0 Å². The van der Waals surface area contributed by atoms with E-state index in [0.29, 0.717) is 19.3 Å². The first-order chi connectivity index (χ1) is 7.09. The highest BCUT2D eigenvalue weighted by Crippen LogP contribution is 2.17. The van der Waals surface area contributed by atoms with Gasteiger partial charge in [0.05, 0.1) is 0 Å². The maximum Gasteiger partial charge on any atom is 0.314 e. The lowest BCUT2D eigenvalue weighted by Crippen LogP contribution is -1.95. The number of nitrogens with zero attached hydrogens (tertiary/aromatic N) is 2. The lowest BCUT2D eigenvalue weighted by molar-refractivity contribution is -0.137. The van der Waals surface area contributed by atoms with Gasteiger partial charge >= 0.3 is 12.4 Å². The van der Waals surface area contributed by atoms with Gasteiger partial charge in [0.15, 0.2) is 0 Å². The van der Waals surface area contributed by atoms with Crippen LogP contribution in [0.25, 0.3) is 0 Å². The van der Waals surface area contributed by atoms with Crippen molar-refractivity contribution in [3.8, 4) is 0 Å². The number of rotatable bonds is 6. The number of hydrogen-bond donors (Lipinski definition) is 1. The second-order valence-corrected chi connectivity index (χ2v) is 2.94. The van der Waals surface area contributed by atoms with Crippen LogP contribution in [-0.4, -0.2) is 21.3 Å². The minimum absolute atomic E-state index is 0.0514. The first-order valence-electron chi connectivity index (χ1n) is 4.42. The monoisotopic (exact) mass is 220 g/mol. The number of aromatic nitrogens is 2. The zero-order chi connectivity index (χ0) is 11.3. The molecule has 0 aromatic carbocycles. The number of carboxylic acids is 1. The molecule has 0 amide bonds. The maximum atomic E-state index is 12.0. The van der Waals surface area contributed by atoms with Gasteiger partial charge in [-0.3, -0.25) is 4.79 Å². The van der Waals surface area contributed by atoms with Gasteiger partial charge in [0.25, 0.3) is 5.89 Å². The summed E-state index contributed by atoms with van der Waals surface area (Å²) in [7, 11) is 0. The Morgan fingerprint density at radius 2 is 2.13 bits per heavy atom. The Kier molecular flexibility index (Phi) is 4.14. The summed E-state index contributed by atoms with van der Waals surface area (Å²) in [5.41, 5.74) is 0. The minimum Gasteiger partial charge on any atom is -0.481 e. The normalized spacial score (nSPS) is 10.9. The second-order valence-electron chi connectivity index (χ2n) is 2.94. The van der Waals surface area contributed by atoms with Gasteiger partial charge in [-0.15, -0.1) is 10.2 Å². The van der Waals surface area contributed by atoms with Crippen molar-refractivity contribution in [3.05, 3.63) is 11.8 Å². The highest BCUT2D eigenvalue weighted by Gasteiger charge is 2.15. The largest absolute Gasteiger partial charge is 0.481 e. The van der Waals surface area contributed by atoms with Gasteiger partial charge in [-0.1, -0.05) is 0 Å². The summed E-state index contributed by atoms with van der Waals surface area (Å²) in [5.74, 6) is -1.45. The summed E-state index contributed by atoms with van der Waals surface area (Å²) >= 11 is 0. The second kappa shape index (κ2) is 5.38. The summed E-state index contributed by atoms with van der Waals surface area (Å²) in [6.45, 7) is 0. The molecule has 5 nitrogen and oxygen atoms in total. The van der Waals surface area contributed by atoms with Crippen LogP contribution in [0.4, 0.5) is 8.78 Å². The number of hydrogen-bond acceptors (Lipinski definition) is 4. The van der Waals surface area contributed by atoms with E-state index in [-0.39, 0.29) is 12.3 Å². The first kappa shape index (κ1) is 11.5. The van der Waals surface area contributed by atoms with Crippen LogP contribution in [0.2, 0.25) is 0 Å². The minimum atomic E-state index is -2.76. The number of carboxylic acid groups (broad SMARTS) is 1. The van der Waals surface area contributed by atoms with Gasteiger partial charge in [0, 0.05) is 12.8 Å². The van der Waals surface area contributed by atoms with Crippen molar-refractivity contribution in [2.24, 2.45) is 0 Å². The molecule has 84 valence electrons. The van der Waals surface area contributed by atoms with Gasteiger partial charge in [0.2, 0.25) is 5.89 Å². The van der Waals surface area contributed by atoms with Crippen LogP contribution in [0, 0.1) is 0 Å². The summed E-state index contributed by atoms with van der Waals surface area (Å²) in [5, 5.41) is 14.9. The fraction of sp³-hybridized carbons (Fsp3) is 0.625. The molecular formula is C8H10F2N2O3. The number of halogens is 2. The predicted molar refractivity (Wildman–Crippen MR) is 44.4 cm³/mol. The van der Waals surface area contributed by atoms with E-state index in [9.17, 15) is 13.6 Å². The summed E-state index contributed by atoms with van der Waals surface area (Å²) in [4.78, 5) is 10.2. The van der Waals surface area contributed by atoms with E-state index in [4.69, 9.17) is 5.11 Å². The Balaban J connectivity index is 2.28. The molecule has 0 unspecified atom stereocenters. The molecule has 1 aromatic rings. The lowest BCUT2D eigenvalue weighted by atomic mass is 10.2. The third-order valence-electron chi connectivity index (χ3n) is 1.70. The van der Waals surface area contributed by atoms with Crippen molar-refractivity contribution in [2.75, 3.05) is 0 Å². The first-order valence-corrected chi connectivity index (χ1v) is 4.42. The van der Waals surface area contributed by atoms with Crippen LogP contribution < -0.4 is 0 Å². The number of aliphatic carboxylic acids is 1. The van der Waals surface area contributed by atoms with Crippen LogP contribution in [0.3, 0.4) is 0 Å². The van der Waals surface area contributed by atoms with E-state index in [2.05, 4.69) is 14.6 Å². The smallest absolute Gasteiger partial charge is 0.314 e. The Bertz CT molecular complexity index is 327. The van der Waals surface area contributed by atoms with Crippen molar-refractivity contribution in [2.45, 2.75) is 32.1 Å². The molecule has 1 rings (SSSR count). The predicted octanol–water partition coefficient (Wildman–Crippen LogP) is 1.80. The SMILES string of the molecule is O=C(O)CCCCc1nnc(C(F)F)o1. The molecule has 0 aliphatic carbocycles. The van der Waals surface area contributed by atoms with Crippen molar-refractivity contribution < 1.29 is 23.1 Å². The van der Waals surface area contributed by atoms with Crippen molar-refractivity contribution in [1.29, 1.82) is 0 Å². The van der Waals surface area contributed by atoms with E-state index >= 15 is 0 Å². The summed E-state index contributed by atoms with van der Waals surface area (Å²) < 4.78 is 28.6. The van der Waals surface area contributed by atoms with Crippen LogP contribution in [0.15, 0.2) is 4.42 Å². The van der Waals surface area contributed by atoms with Crippen LogP contribution in [-0.2, 0) is 11.2 Å². The molecule has 0 spiro atoms. The summed E-state index contributed by atoms with van der Waals surface area (Å²) in [6.07, 6.45) is -1.40. The average Bonchev–Trinajstić information content (AvgIpc) is 2.60. The van der Waals surface area contributed by atoms with E-state index < -0.39 is 18.3 Å². The van der Waals surface area contributed by atoms with Gasteiger partial charge in [-0.05, 0) is 12.8 Å². The topological polar surface area (TPSA) is 76.2 Å². The number of alkyl halides is 2. The standard InChI is InChI=1S/C8H10F2N2O3/c9-7(10)8-12-11-5(15-8)3-1-2-4-6(13)14/h7H,1-4H2,(H,13,14). The molecule has 15 heavy (non-hydrogen) atoms. The molecule has 0 saturated heterocycles. The van der Waals surface area contributed by atoms with Crippen molar-refractivity contribution >= 4 is 5.97 Å². The summed E-state index contributed by atoms with van der Waals surface area (Å²) in [6, 6.07) is 0. The zero-order valence-corrected chi connectivity index (χ0v) is 7.82. The van der Waals surface area contributed by atoms with E-state index in [0.717, 1.165) is 0 Å². The molecular weight excluding hydrogens is 210 g/mol. The molecule has 1 aromatic heterocycles.